The molecule has 0 saturated carbocycles. The highest BCUT2D eigenvalue weighted by molar-refractivity contribution is 7.12. The van der Waals surface area contributed by atoms with Crippen LogP contribution in [0.2, 0.25) is 0 Å². The van der Waals surface area contributed by atoms with Gasteiger partial charge in [0.2, 0.25) is 0 Å². The number of benzene rings is 1. The summed E-state index contributed by atoms with van der Waals surface area (Å²) in [5, 5.41) is 2.07. The van der Waals surface area contributed by atoms with E-state index < -0.39 is 0 Å². The Kier molecular flexibility index (Phi) is 5.98. The number of thiophene rings is 1. The summed E-state index contributed by atoms with van der Waals surface area (Å²) in [5.41, 5.74) is 8.71. The zero-order chi connectivity index (χ0) is 19.8. The van der Waals surface area contributed by atoms with E-state index in [1.54, 1.807) is 11.3 Å². The summed E-state index contributed by atoms with van der Waals surface area (Å²) in [4.78, 5) is 20.7. The fourth-order valence-electron chi connectivity index (χ4n) is 4.50. The first-order valence-corrected chi connectivity index (χ1v) is 11.1. The van der Waals surface area contributed by atoms with Crippen LogP contribution in [-0.2, 0) is 13.0 Å². The molecule has 0 N–H and O–H groups in total. The summed E-state index contributed by atoms with van der Waals surface area (Å²) in [7, 11) is 0. The van der Waals surface area contributed by atoms with Crippen molar-refractivity contribution in [3.05, 3.63) is 92.4 Å². The van der Waals surface area contributed by atoms with E-state index in [1.165, 1.54) is 22.3 Å². The highest BCUT2D eigenvalue weighted by Gasteiger charge is 2.27. The molecule has 2 aliphatic rings. The monoisotopic (exact) mass is 416 g/mol. The molecule has 0 unspecified atom stereocenters. The van der Waals surface area contributed by atoms with Crippen LogP contribution in [0.3, 0.4) is 0 Å². The second-order valence-corrected chi connectivity index (χ2v) is 8.90. The molecule has 0 spiro atoms. The quantitative estimate of drug-likeness (QED) is 0.519. The van der Waals surface area contributed by atoms with Gasteiger partial charge in [0.05, 0.1) is 4.88 Å². The molecule has 4 heteroatoms. The molecule has 1 aromatic carbocycles. The van der Waals surface area contributed by atoms with Crippen LogP contribution in [0.4, 0.5) is 0 Å². The second kappa shape index (κ2) is 8.66. The van der Waals surface area contributed by atoms with Crippen LogP contribution in [0.5, 0.6) is 0 Å². The molecule has 3 nitrogen and oxygen atoms in total. The summed E-state index contributed by atoms with van der Waals surface area (Å²) < 4.78 is 0. The number of carbonyl (C=O) groups excluding carboxylic acids is 1. The highest BCUT2D eigenvalue weighted by atomic mass is 32.1. The predicted molar refractivity (Wildman–Crippen MR) is 125 cm³/mol. The number of Topliss-reactive ketones (excluding diaryl/α,β-unsaturated/α-hetero) is 1. The van der Waals surface area contributed by atoms with Crippen molar-refractivity contribution in [2.75, 3.05) is 13.1 Å². The average Bonchev–Trinajstić information content (AvgIpc) is 3.18. The molecule has 0 atom stereocenters. The maximum Gasteiger partial charge on any atom is 0.177 e. The number of fused-ring (bicyclic) bond motifs is 2. The first-order valence-electron chi connectivity index (χ1n) is 10.2. The maximum absolute atomic E-state index is 12.8. The standard InChI is InChI=1S/C25H24N2OS.CH4/c1-17-6-7-18(15-26-17)16-27-11-8-19(9-12-27)24-21-5-3-2-4-20(21)14-23(28)25-22(24)10-13-29-25;/h2-7,10,13,15H,8-9,11-12,14,16H2,1H3;1H4. The van der Waals surface area contributed by atoms with Crippen LogP contribution in [0.15, 0.2) is 59.6 Å². The zero-order valence-corrected chi connectivity index (χ0v) is 17.5. The fourth-order valence-corrected chi connectivity index (χ4v) is 5.34. The van der Waals surface area contributed by atoms with Crippen LogP contribution in [0, 0.1) is 6.92 Å². The summed E-state index contributed by atoms with van der Waals surface area (Å²) in [6.07, 6.45) is 4.60. The predicted octanol–water partition coefficient (Wildman–Crippen LogP) is 5.92. The first kappa shape index (κ1) is 20.7. The Morgan fingerprint density at radius 1 is 1.03 bits per heavy atom. The van der Waals surface area contributed by atoms with Crippen molar-refractivity contribution in [3.8, 4) is 0 Å². The minimum absolute atomic E-state index is 0. The molecule has 1 aliphatic heterocycles. The Labute approximate surface area is 183 Å². The third kappa shape index (κ3) is 3.90. The lowest BCUT2D eigenvalue weighted by Crippen LogP contribution is -2.30. The number of ketones is 1. The molecule has 5 rings (SSSR count). The van der Waals surface area contributed by atoms with Gasteiger partial charge >= 0.3 is 0 Å². The molecule has 1 saturated heterocycles. The molecular weight excluding hydrogens is 388 g/mol. The third-order valence-corrected chi connectivity index (χ3v) is 6.97. The normalized spacial score (nSPS) is 16.5. The minimum atomic E-state index is 0. The van der Waals surface area contributed by atoms with Crippen LogP contribution in [0.1, 0.15) is 57.9 Å². The van der Waals surface area contributed by atoms with Gasteiger partial charge in [-0.25, -0.2) is 0 Å². The van der Waals surface area contributed by atoms with Crippen LogP contribution >= 0.6 is 11.3 Å². The van der Waals surface area contributed by atoms with Crippen molar-refractivity contribution in [2.45, 2.75) is 40.2 Å². The molecule has 0 radical (unpaired) electrons. The van der Waals surface area contributed by atoms with E-state index in [0.717, 1.165) is 54.2 Å². The Hall–Kier alpha value is -2.56. The average molecular weight is 417 g/mol. The lowest BCUT2D eigenvalue weighted by Gasteiger charge is -2.30. The topological polar surface area (TPSA) is 33.2 Å². The molecule has 30 heavy (non-hydrogen) atoms. The third-order valence-electron chi connectivity index (χ3n) is 6.02. The Morgan fingerprint density at radius 3 is 2.60 bits per heavy atom. The zero-order valence-electron chi connectivity index (χ0n) is 16.6. The molecule has 3 heterocycles. The molecular formula is C26H28N2OS. The van der Waals surface area contributed by atoms with E-state index in [0.29, 0.717) is 6.42 Å². The van der Waals surface area contributed by atoms with Crippen molar-refractivity contribution in [1.82, 2.24) is 9.88 Å². The minimum Gasteiger partial charge on any atom is -0.298 e. The van der Waals surface area contributed by atoms with Crippen molar-refractivity contribution in [2.24, 2.45) is 0 Å². The number of nitrogens with zero attached hydrogens (tertiary/aromatic N) is 2. The molecule has 0 bridgehead atoms. The largest absolute Gasteiger partial charge is 0.298 e. The number of piperidine rings is 1. The van der Waals surface area contributed by atoms with Gasteiger partial charge < -0.3 is 0 Å². The molecule has 154 valence electrons. The smallest absolute Gasteiger partial charge is 0.177 e. The lowest BCUT2D eigenvalue weighted by molar-refractivity contribution is 0.0997. The maximum atomic E-state index is 12.8. The molecule has 3 aromatic rings. The van der Waals surface area contributed by atoms with Gasteiger partial charge in [-0.1, -0.05) is 43.3 Å². The molecule has 2 aromatic heterocycles. The number of aromatic nitrogens is 1. The Balaban J connectivity index is 0.00000218. The Morgan fingerprint density at radius 2 is 1.83 bits per heavy atom. The molecule has 1 fully saturated rings. The van der Waals surface area contributed by atoms with Crippen LogP contribution < -0.4 is 0 Å². The van der Waals surface area contributed by atoms with Gasteiger partial charge in [-0.05, 0) is 59.5 Å². The van der Waals surface area contributed by atoms with Gasteiger partial charge in [0.15, 0.2) is 5.78 Å². The number of pyridine rings is 1. The van der Waals surface area contributed by atoms with E-state index in [1.807, 2.05) is 19.2 Å². The van der Waals surface area contributed by atoms with Gasteiger partial charge in [0.1, 0.15) is 0 Å². The van der Waals surface area contributed by atoms with Crippen molar-refractivity contribution >= 4 is 22.7 Å². The number of hydrogen-bond donors (Lipinski definition) is 0. The van der Waals surface area contributed by atoms with E-state index in [4.69, 9.17) is 0 Å². The number of hydrogen-bond acceptors (Lipinski definition) is 4. The van der Waals surface area contributed by atoms with Gasteiger partial charge in [-0.3, -0.25) is 14.7 Å². The first-order chi connectivity index (χ1) is 14.2. The number of likely N-dealkylation sites (tertiary alicyclic amines) is 1. The SMILES string of the molecule is C.Cc1ccc(CN2CCC(=C3c4ccccc4CC(=O)c4sccc43)CC2)cn1. The van der Waals surface area contributed by atoms with E-state index in [9.17, 15) is 4.79 Å². The van der Waals surface area contributed by atoms with E-state index in [-0.39, 0.29) is 13.2 Å². The van der Waals surface area contributed by atoms with Crippen LogP contribution in [0.25, 0.3) is 5.57 Å². The Bertz CT molecular complexity index is 1080. The molecule has 0 amide bonds. The van der Waals surface area contributed by atoms with Crippen LogP contribution in [-0.4, -0.2) is 28.8 Å². The second-order valence-electron chi connectivity index (χ2n) is 7.98. The van der Waals surface area contributed by atoms with Gasteiger partial charge in [-0.15, -0.1) is 11.3 Å². The van der Waals surface area contributed by atoms with Gasteiger partial charge in [-0.2, -0.15) is 0 Å². The number of aryl methyl sites for hydroxylation is 1. The number of carbonyl (C=O) groups is 1. The summed E-state index contributed by atoms with van der Waals surface area (Å²) in [6, 6.07) is 14.9. The van der Waals surface area contributed by atoms with E-state index in [2.05, 4.69) is 51.7 Å². The summed E-state index contributed by atoms with van der Waals surface area (Å²) >= 11 is 1.59. The van der Waals surface area contributed by atoms with Gasteiger partial charge in [0.25, 0.3) is 0 Å². The fraction of sp³-hybridized carbons (Fsp3) is 0.308. The van der Waals surface area contributed by atoms with Crippen molar-refractivity contribution < 1.29 is 4.79 Å². The highest BCUT2D eigenvalue weighted by Crippen LogP contribution is 2.40. The molecule has 1 aliphatic carbocycles. The van der Waals surface area contributed by atoms with Crippen molar-refractivity contribution in [3.63, 3.8) is 0 Å². The summed E-state index contributed by atoms with van der Waals surface area (Å²) in [6.45, 7) is 5.07. The van der Waals surface area contributed by atoms with Crippen molar-refractivity contribution in [1.29, 1.82) is 0 Å². The lowest BCUT2D eigenvalue weighted by atomic mass is 9.87. The van der Waals surface area contributed by atoms with E-state index >= 15 is 0 Å². The summed E-state index contributed by atoms with van der Waals surface area (Å²) in [5.74, 6) is 0.252. The number of rotatable bonds is 2. The van der Waals surface area contributed by atoms with Gasteiger partial charge in [0, 0.05) is 43.5 Å².